The fourth-order valence-electron chi connectivity index (χ4n) is 2.29. The minimum absolute atomic E-state index is 0.0979. The fourth-order valence-corrected chi connectivity index (χ4v) is 2.29. The summed E-state index contributed by atoms with van der Waals surface area (Å²) in [5.41, 5.74) is 1.30. The highest BCUT2D eigenvalue weighted by Crippen LogP contribution is 2.16. The lowest BCUT2D eigenvalue weighted by molar-refractivity contribution is -0.151. The van der Waals surface area contributed by atoms with Gasteiger partial charge in [0.15, 0.2) is 17.9 Å². The summed E-state index contributed by atoms with van der Waals surface area (Å²) < 4.78 is 4.77. The van der Waals surface area contributed by atoms with E-state index in [0.29, 0.717) is 11.1 Å². The monoisotopic (exact) mass is 368 g/mol. The zero-order chi connectivity index (χ0) is 19.8. The molecule has 0 spiro atoms. The summed E-state index contributed by atoms with van der Waals surface area (Å²) in [7, 11) is 1.20. The van der Waals surface area contributed by atoms with E-state index in [9.17, 15) is 24.9 Å². The first-order valence-electron chi connectivity index (χ1n) is 8.13. The molecule has 0 aliphatic rings. The van der Waals surface area contributed by atoms with Crippen molar-refractivity contribution >= 4 is 23.7 Å². The van der Waals surface area contributed by atoms with E-state index >= 15 is 0 Å². The van der Waals surface area contributed by atoms with Gasteiger partial charge < -0.3 is 20.1 Å². The summed E-state index contributed by atoms with van der Waals surface area (Å²) in [4.78, 5) is 24.8. The molecule has 1 unspecified atom stereocenters. The molecule has 0 bridgehead atoms. The van der Waals surface area contributed by atoms with Crippen molar-refractivity contribution in [3.63, 3.8) is 0 Å². The summed E-state index contributed by atoms with van der Waals surface area (Å²) in [5.74, 6) is -2.44. The van der Waals surface area contributed by atoms with Gasteiger partial charge in [0.25, 0.3) is 0 Å². The van der Waals surface area contributed by atoms with Gasteiger partial charge in [-0.3, -0.25) is 9.59 Å². The summed E-state index contributed by atoms with van der Waals surface area (Å²) >= 11 is 0. The van der Waals surface area contributed by atoms with Crippen LogP contribution in [0.1, 0.15) is 11.1 Å². The maximum absolute atomic E-state index is 12.4. The Hall–Kier alpha value is -3.22. The van der Waals surface area contributed by atoms with Crippen LogP contribution in [-0.4, -0.2) is 40.3 Å². The number of rotatable bonds is 8. The number of aromatic hydroxyl groups is 2. The normalized spacial score (nSPS) is 12.7. The largest absolute Gasteiger partial charge is 0.508 e. The number of carbonyl (C=O) groups excluding carboxylic acids is 2. The number of methoxy groups -OCH3 is 1. The van der Waals surface area contributed by atoms with Crippen molar-refractivity contribution in [2.24, 2.45) is 5.92 Å². The average Bonchev–Trinajstić information content (AvgIpc) is 2.67. The highest BCUT2D eigenvalue weighted by molar-refractivity contribution is 6.13. The Morgan fingerprint density at radius 1 is 0.815 bits per heavy atom. The lowest BCUT2D eigenvalue weighted by atomic mass is 9.96. The second kappa shape index (κ2) is 9.47. The molecule has 2 aromatic carbocycles. The quantitative estimate of drug-likeness (QED) is 0.376. The van der Waals surface area contributed by atoms with Gasteiger partial charge >= 0.3 is 0 Å². The van der Waals surface area contributed by atoms with E-state index in [0.717, 1.165) is 0 Å². The van der Waals surface area contributed by atoms with Crippen molar-refractivity contribution in [1.29, 1.82) is 0 Å². The molecule has 0 fully saturated rings. The van der Waals surface area contributed by atoms with Gasteiger partial charge in [-0.1, -0.05) is 36.4 Å². The number of ether oxygens (including phenoxy) is 1. The number of aliphatic hydroxyl groups excluding tert-OH is 1. The first-order valence-corrected chi connectivity index (χ1v) is 8.13. The minimum atomic E-state index is -1.58. The fraction of sp³-hybridized carbons (Fsp3) is 0.143. The van der Waals surface area contributed by atoms with E-state index in [2.05, 4.69) is 0 Å². The third kappa shape index (κ3) is 5.91. The summed E-state index contributed by atoms with van der Waals surface area (Å²) in [6.45, 7) is 0. The predicted molar refractivity (Wildman–Crippen MR) is 101 cm³/mol. The van der Waals surface area contributed by atoms with E-state index in [-0.39, 0.29) is 11.5 Å². The zero-order valence-electron chi connectivity index (χ0n) is 14.6. The first-order chi connectivity index (χ1) is 12.9. The Morgan fingerprint density at radius 3 is 1.52 bits per heavy atom. The Labute approximate surface area is 156 Å². The van der Waals surface area contributed by atoms with E-state index in [1.165, 1.54) is 55.7 Å². The number of hydrogen-bond donors (Lipinski definition) is 3. The van der Waals surface area contributed by atoms with Crippen LogP contribution in [-0.2, 0) is 14.3 Å². The molecule has 3 N–H and O–H groups in total. The zero-order valence-corrected chi connectivity index (χ0v) is 14.6. The van der Waals surface area contributed by atoms with Crippen LogP contribution in [0, 0.1) is 5.92 Å². The van der Waals surface area contributed by atoms with E-state index < -0.39 is 23.8 Å². The molecule has 0 saturated carbocycles. The van der Waals surface area contributed by atoms with Crippen LogP contribution < -0.4 is 0 Å². The lowest BCUT2D eigenvalue weighted by Gasteiger charge is -2.16. The van der Waals surface area contributed by atoms with Gasteiger partial charge in [0.05, 0.1) is 0 Å². The van der Waals surface area contributed by atoms with Gasteiger partial charge in [0.1, 0.15) is 17.4 Å². The molecule has 0 amide bonds. The van der Waals surface area contributed by atoms with E-state index in [1.54, 1.807) is 24.3 Å². The maximum atomic E-state index is 12.4. The molecule has 27 heavy (non-hydrogen) atoms. The second-order valence-electron chi connectivity index (χ2n) is 5.76. The van der Waals surface area contributed by atoms with E-state index in [4.69, 9.17) is 4.74 Å². The van der Waals surface area contributed by atoms with Gasteiger partial charge in [-0.05, 0) is 47.5 Å². The molecule has 2 aromatic rings. The molecule has 0 radical (unpaired) electrons. The van der Waals surface area contributed by atoms with Crippen LogP contribution in [0.4, 0.5) is 0 Å². The van der Waals surface area contributed by atoms with Crippen LogP contribution >= 0.6 is 0 Å². The van der Waals surface area contributed by atoms with Gasteiger partial charge in [-0.25, -0.2) is 0 Å². The molecular weight excluding hydrogens is 348 g/mol. The maximum Gasteiger partial charge on any atom is 0.171 e. The average molecular weight is 368 g/mol. The van der Waals surface area contributed by atoms with Crippen molar-refractivity contribution < 1.29 is 29.6 Å². The Morgan fingerprint density at radius 2 is 1.19 bits per heavy atom. The van der Waals surface area contributed by atoms with Gasteiger partial charge in [-0.2, -0.15) is 0 Å². The number of hydrogen-bond acceptors (Lipinski definition) is 6. The molecule has 0 aliphatic carbocycles. The van der Waals surface area contributed by atoms with E-state index in [1.807, 2.05) is 0 Å². The van der Waals surface area contributed by atoms with Gasteiger partial charge in [0.2, 0.25) is 0 Å². The van der Waals surface area contributed by atoms with Crippen molar-refractivity contribution in [3.8, 4) is 11.5 Å². The second-order valence-corrected chi connectivity index (χ2v) is 5.76. The number of allylic oxidation sites excluding steroid dienone is 2. The number of phenolic OH excluding ortho intramolecular Hbond substituents is 2. The van der Waals surface area contributed by atoms with Crippen LogP contribution in [0.2, 0.25) is 0 Å². The third-order valence-electron chi connectivity index (χ3n) is 3.81. The van der Waals surface area contributed by atoms with Crippen molar-refractivity contribution in [1.82, 2.24) is 0 Å². The predicted octanol–water partition coefficient (Wildman–Crippen LogP) is 2.54. The Kier molecular flexibility index (Phi) is 7.05. The number of phenols is 2. The first kappa shape index (κ1) is 20.1. The molecule has 0 heterocycles. The standard InChI is InChI=1S/C21H20O6/c1-27-21(26)20(18(24)12-6-14-2-8-16(22)9-3-14)19(25)13-7-15-4-10-17(23)11-5-15/h2-13,20-23,26H,1H3/b12-6+,13-7+. The molecule has 6 nitrogen and oxygen atoms in total. The third-order valence-corrected chi connectivity index (χ3v) is 3.81. The highest BCUT2D eigenvalue weighted by atomic mass is 16.6. The van der Waals surface area contributed by atoms with Crippen LogP contribution in [0.15, 0.2) is 60.7 Å². The molecule has 2 rings (SSSR count). The SMILES string of the molecule is COC(O)C(C(=O)/C=C/c1ccc(O)cc1)C(=O)/C=C/c1ccc(O)cc1. The van der Waals surface area contributed by atoms with Crippen molar-refractivity contribution in [2.45, 2.75) is 6.29 Å². The molecule has 0 saturated heterocycles. The highest BCUT2D eigenvalue weighted by Gasteiger charge is 2.30. The summed E-state index contributed by atoms with van der Waals surface area (Å²) in [6.07, 6.45) is 3.75. The number of aliphatic hydroxyl groups is 1. The summed E-state index contributed by atoms with van der Waals surface area (Å²) in [6, 6.07) is 12.3. The molecule has 1 atom stereocenters. The van der Waals surface area contributed by atoms with Crippen molar-refractivity contribution in [2.75, 3.05) is 7.11 Å². The number of ketones is 2. The molecule has 0 aliphatic heterocycles. The Balaban J connectivity index is 2.15. The number of benzene rings is 2. The van der Waals surface area contributed by atoms with Crippen molar-refractivity contribution in [3.05, 3.63) is 71.8 Å². The van der Waals surface area contributed by atoms with Crippen LogP contribution in [0.3, 0.4) is 0 Å². The van der Waals surface area contributed by atoms with Crippen LogP contribution in [0.25, 0.3) is 12.2 Å². The summed E-state index contributed by atoms with van der Waals surface area (Å²) in [5, 5.41) is 28.5. The van der Waals surface area contributed by atoms with Gasteiger partial charge in [-0.15, -0.1) is 0 Å². The van der Waals surface area contributed by atoms with Gasteiger partial charge in [0, 0.05) is 7.11 Å². The molecular formula is C21H20O6. The lowest BCUT2D eigenvalue weighted by Crippen LogP contribution is -2.34. The smallest absolute Gasteiger partial charge is 0.171 e. The molecule has 140 valence electrons. The Bertz CT molecular complexity index is 766. The van der Waals surface area contributed by atoms with Crippen LogP contribution in [0.5, 0.6) is 11.5 Å². The minimum Gasteiger partial charge on any atom is -0.508 e. The number of carbonyl (C=O) groups is 2. The molecule has 0 aromatic heterocycles. The topological polar surface area (TPSA) is 104 Å². The molecule has 6 heteroatoms.